The molecule has 7 heteroatoms. The summed E-state index contributed by atoms with van der Waals surface area (Å²) in [6, 6.07) is 5.19. The Morgan fingerprint density at radius 1 is 1.08 bits per heavy atom. The highest BCUT2D eigenvalue weighted by molar-refractivity contribution is 5.95. The number of hydrogen-bond acceptors (Lipinski definition) is 4. The average Bonchev–Trinajstić information content (AvgIpc) is 2.93. The highest BCUT2D eigenvalue weighted by Crippen LogP contribution is 2.32. The molecule has 1 N–H and O–H groups in total. The third-order valence-electron chi connectivity index (χ3n) is 4.22. The molecule has 1 aromatic rings. The summed E-state index contributed by atoms with van der Waals surface area (Å²) in [7, 11) is 0. The minimum Gasteiger partial charge on any atom is -0.454 e. The van der Waals surface area contributed by atoms with Crippen molar-refractivity contribution in [2.45, 2.75) is 19.8 Å². The van der Waals surface area contributed by atoms with Crippen LogP contribution in [0.2, 0.25) is 0 Å². The van der Waals surface area contributed by atoms with Crippen LogP contribution < -0.4 is 14.8 Å². The lowest BCUT2D eigenvalue weighted by Crippen LogP contribution is -2.42. The second-order valence-corrected chi connectivity index (χ2v) is 5.93. The maximum absolute atomic E-state index is 12.7. The molecule has 0 unspecified atom stereocenters. The first-order chi connectivity index (χ1) is 11.7. The zero-order valence-corrected chi connectivity index (χ0v) is 13.9. The Bertz CT molecular complexity index is 620. The largest absolute Gasteiger partial charge is 0.454 e. The van der Waals surface area contributed by atoms with Crippen LogP contribution in [0.25, 0.3) is 0 Å². The fourth-order valence-corrected chi connectivity index (χ4v) is 2.88. The number of amides is 3. The molecule has 0 spiro atoms. The molecule has 0 aromatic heterocycles. The minimum atomic E-state index is -0.0470. The summed E-state index contributed by atoms with van der Waals surface area (Å²) in [5.41, 5.74) is 0.586. The van der Waals surface area contributed by atoms with E-state index in [9.17, 15) is 9.59 Å². The van der Waals surface area contributed by atoms with Crippen LogP contribution in [0.4, 0.5) is 4.79 Å². The predicted molar refractivity (Wildman–Crippen MR) is 88.3 cm³/mol. The molecule has 1 aromatic carbocycles. The fourth-order valence-electron chi connectivity index (χ4n) is 2.88. The lowest BCUT2D eigenvalue weighted by atomic mass is 10.1. The van der Waals surface area contributed by atoms with E-state index < -0.39 is 0 Å². The van der Waals surface area contributed by atoms with Gasteiger partial charge in [-0.15, -0.1) is 0 Å². The number of rotatable bonds is 3. The third-order valence-corrected chi connectivity index (χ3v) is 4.22. The van der Waals surface area contributed by atoms with Gasteiger partial charge in [0.25, 0.3) is 5.91 Å². The number of carbonyl (C=O) groups excluding carboxylic acids is 2. The van der Waals surface area contributed by atoms with Crippen molar-refractivity contribution in [2.75, 3.05) is 39.5 Å². The van der Waals surface area contributed by atoms with Gasteiger partial charge >= 0.3 is 6.03 Å². The summed E-state index contributed by atoms with van der Waals surface area (Å²) in [4.78, 5) is 28.4. The van der Waals surface area contributed by atoms with E-state index in [1.54, 1.807) is 28.0 Å². The van der Waals surface area contributed by atoms with E-state index in [4.69, 9.17) is 9.47 Å². The summed E-state index contributed by atoms with van der Waals surface area (Å²) >= 11 is 0. The van der Waals surface area contributed by atoms with E-state index in [2.05, 4.69) is 5.32 Å². The van der Waals surface area contributed by atoms with Gasteiger partial charge < -0.3 is 24.6 Å². The van der Waals surface area contributed by atoms with Gasteiger partial charge in [0, 0.05) is 38.3 Å². The van der Waals surface area contributed by atoms with E-state index in [1.807, 2.05) is 6.92 Å². The molecule has 0 saturated carbocycles. The van der Waals surface area contributed by atoms with Crippen molar-refractivity contribution in [3.63, 3.8) is 0 Å². The van der Waals surface area contributed by atoms with Gasteiger partial charge in [0.2, 0.25) is 6.79 Å². The van der Waals surface area contributed by atoms with Gasteiger partial charge in [0.1, 0.15) is 0 Å². The van der Waals surface area contributed by atoms with Gasteiger partial charge in [-0.1, -0.05) is 6.92 Å². The smallest absolute Gasteiger partial charge is 0.317 e. The Labute approximate surface area is 141 Å². The molecule has 130 valence electrons. The number of urea groups is 1. The molecular weight excluding hydrogens is 310 g/mol. The van der Waals surface area contributed by atoms with Crippen LogP contribution in [0, 0.1) is 0 Å². The maximum Gasteiger partial charge on any atom is 0.317 e. The standard InChI is InChI=1S/C17H23N3O4/c1-2-6-18-17(22)20-8-3-7-19(9-10-20)16(21)13-4-5-14-15(11-13)24-12-23-14/h4-5,11H,2-3,6-10,12H2,1H3,(H,18,22). The molecule has 1 fully saturated rings. The molecule has 24 heavy (non-hydrogen) atoms. The highest BCUT2D eigenvalue weighted by Gasteiger charge is 2.24. The van der Waals surface area contributed by atoms with Crippen molar-refractivity contribution in [1.82, 2.24) is 15.1 Å². The number of fused-ring (bicyclic) bond motifs is 1. The van der Waals surface area contributed by atoms with Crippen molar-refractivity contribution in [2.24, 2.45) is 0 Å². The van der Waals surface area contributed by atoms with Gasteiger partial charge in [0.05, 0.1) is 0 Å². The van der Waals surface area contributed by atoms with Crippen LogP contribution in [0.3, 0.4) is 0 Å². The Balaban J connectivity index is 1.61. The molecule has 2 aliphatic rings. The molecule has 2 aliphatic heterocycles. The third kappa shape index (κ3) is 3.55. The van der Waals surface area contributed by atoms with Crippen molar-refractivity contribution in [1.29, 1.82) is 0 Å². The van der Waals surface area contributed by atoms with Crippen LogP contribution in [0.1, 0.15) is 30.1 Å². The first kappa shape index (κ1) is 16.4. The van der Waals surface area contributed by atoms with E-state index >= 15 is 0 Å². The summed E-state index contributed by atoms with van der Waals surface area (Å²) in [6.45, 7) is 5.28. The van der Waals surface area contributed by atoms with Crippen LogP contribution in [0.5, 0.6) is 11.5 Å². The lowest BCUT2D eigenvalue weighted by molar-refractivity contribution is 0.0762. The van der Waals surface area contributed by atoms with Gasteiger partial charge in [-0.3, -0.25) is 4.79 Å². The number of carbonyl (C=O) groups is 2. The van der Waals surface area contributed by atoms with Crippen LogP contribution in [-0.2, 0) is 0 Å². The molecule has 3 rings (SSSR count). The van der Waals surface area contributed by atoms with Crippen LogP contribution in [-0.4, -0.2) is 61.3 Å². The second kappa shape index (κ2) is 7.42. The topological polar surface area (TPSA) is 71.1 Å². The number of nitrogens with zero attached hydrogens (tertiary/aromatic N) is 2. The Morgan fingerprint density at radius 3 is 2.67 bits per heavy atom. The van der Waals surface area contributed by atoms with Crippen molar-refractivity contribution in [3.05, 3.63) is 23.8 Å². The molecule has 0 radical (unpaired) electrons. The molecule has 7 nitrogen and oxygen atoms in total. The van der Waals surface area contributed by atoms with E-state index in [-0.39, 0.29) is 18.7 Å². The SMILES string of the molecule is CCCNC(=O)N1CCCN(C(=O)c2ccc3c(c2)OCO3)CC1. The molecule has 3 amide bonds. The van der Waals surface area contributed by atoms with E-state index in [0.29, 0.717) is 49.8 Å². The van der Waals surface area contributed by atoms with Crippen molar-refractivity contribution < 1.29 is 19.1 Å². The van der Waals surface area contributed by atoms with Gasteiger partial charge in [-0.05, 0) is 31.0 Å². The summed E-state index contributed by atoms with van der Waals surface area (Å²) in [5.74, 6) is 1.24. The zero-order chi connectivity index (χ0) is 16.9. The Kier molecular flexibility index (Phi) is 5.08. The molecule has 0 aliphatic carbocycles. The second-order valence-electron chi connectivity index (χ2n) is 5.93. The summed E-state index contributed by atoms with van der Waals surface area (Å²) in [6.07, 6.45) is 1.68. The maximum atomic E-state index is 12.7. The number of benzene rings is 1. The fraction of sp³-hybridized carbons (Fsp3) is 0.529. The molecular formula is C17H23N3O4. The first-order valence-electron chi connectivity index (χ1n) is 8.40. The van der Waals surface area contributed by atoms with Crippen molar-refractivity contribution in [3.8, 4) is 11.5 Å². The quantitative estimate of drug-likeness (QED) is 0.914. The average molecular weight is 333 g/mol. The number of nitrogens with one attached hydrogen (secondary N) is 1. The summed E-state index contributed by atoms with van der Waals surface area (Å²) in [5, 5.41) is 2.89. The normalized spacial score (nSPS) is 16.7. The van der Waals surface area contributed by atoms with Crippen LogP contribution in [0.15, 0.2) is 18.2 Å². The van der Waals surface area contributed by atoms with Gasteiger partial charge in [-0.25, -0.2) is 4.79 Å². The lowest BCUT2D eigenvalue weighted by Gasteiger charge is -2.22. The monoisotopic (exact) mass is 333 g/mol. The number of ether oxygens (including phenoxy) is 2. The molecule has 0 atom stereocenters. The van der Waals surface area contributed by atoms with Gasteiger partial charge in [-0.2, -0.15) is 0 Å². The Morgan fingerprint density at radius 2 is 1.83 bits per heavy atom. The molecule has 1 saturated heterocycles. The zero-order valence-electron chi connectivity index (χ0n) is 13.9. The number of hydrogen-bond donors (Lipinski definition) is 1. The first-order valence-corrected chi connectivity index (χ1v) is 8.40. The minimum absolute atomic E-state index is 0.0379. The Hall–Kier alpha value is -2.44. The van der Waals surface area contributed by atoms with E-state index in [1.165, 1.54) is 0 Å². The van der Waals surface area contributed by atoms with Gasteiger partial charge in [0.15, 0.2) is 11.5 Å². The predicted octanol–water partition coefficient (Wildman–Crippen LogP) is 1.68. The van der Waals surface area contributed by atoms with E-state index in [0.717, 1.165) is 12.8 Å². The van der Waals surface area contributed by atoms with Crippen molar-refractivity contribution >= 4 is 11.9 Å². The summed E-state index contributed by atoms with van der Waals surface area (Å²) < 4.78 is 10.6. The van der Waals surface area contributed by atoms with Crippen LogP contribution >= 0.6 is 0 Å². The highest BCUT2D eigenvalue weighted by atomic mass is 16.7. The molecule has 0 bridgehead atoms. The molecule has 2 heterocycles.